The second-order valence-corrected chi connectivity index (χ2v) is 5.10. The predicted molar refractivity (Wildman–Crippen MR) is 69.9 cm³/mol. The van der Waals surface area contributed by atoms with Crippen LogP contribution in [0.15, 0.2) is 6.20 Å². The highest BCUT2D eigenvalue weighted by molar-refractivity contribution is 5.15. The number of hydrogen-bond acceptors (Lipinski definition) is 3. The Labute approximate surface area is 104 Å². The maximum Gasteiger partial charge on any atom is 0.0537 e. The Balaban J connectivity index is 1.73. The summed E-state index contributed by atoms with van der Waals surface area (Å²) in [5.74, 6) is 0. The second-order valence-electron chi connectivity index (χ2n) is 5.10. The number of nitrogens with one attached hydrogen (secondary N) is 1. The molecule has 17 heavy (non-hydrogen) atoms. The highest BCUT2D eigenvalue weighted by Gasteiger charge is 2.17. The van der Waals surface area contributed by atoms with Gasteiger partial charge in [0, 0.05) is 37.4 Å². The SMILES string of the molecule is Cc1c(CNCC(C)N2CCCC2)cnn1C. The van der Waals surface area contributed by atoms with E-state index in [4.69, 9.17) is 0 Å². The molecule has 1 atom stereocenters. The van der Waals surface area contributed by atoms with Crippen LogP contribution in [0.4, 0.5) is 0 Å². The first-order valence-corrected chi connectivity index (χ1v) is 6.60. The summed E-state index contributed by atoms with van der Waals surface area (Å²) in [6.07, 6.45) is 4.70. The lowest BCUT2D eigenvalue weighted by Crippen LogP contribution is -2.38. The Bertz CT molecular complexity index is 352. The van der Waals surface area contributed by atoms with Gasteiger partial charge >= 0.3 is 0 Å². The van der Waals surface area contributed by atoms with E-state index in [2.05, 4.69) is 29.2 Å². The number of nitrogens with zero attached hydrogens (tertiary/aromatic N) is 3. The molecular weight excluding hydrogens is 212 g/mol. The van der Waals surface area contributed by atoms with Crippen LogP contribution in [0.2, 0.25) is 0 Å². The molecule has 1 saturated heterocycles. The standard InChI is InChI=1S/C13H24N4/c1-11(17-6-4-5-7-17)8-14-9-13-10-15-16(3)12(13)2/h10-11,14H,4-9H2,1-3H3. The van der Waals surface area contributed by atoms with Gasteiger partial charge < -0.3 is 5.32 Å². The predicted octanol–water partition coefficient (Wildman–Crippen LogP) is 1.30. The van der Waals surface area contributed by atoms with E-state index in [1.54, 1.807) is 0 Å². The largest absolute Gasteiger partial charge is 0.311 e. The highest BCUT2D eigenvalue weighted by Crippen LogP contribution is 2.11. The van der Waals surface area contributed by atoms with Crippen LogP contribution in [-0.4, -0.2) is 40.4 Å². The van der Waals surface area contributed by atoms with Crippen molar-refractivity contribution in [2.45, 2.75) is 39.3 Å². The van der Waals surface area contributed by atoms with Crippen LogP contribution in [0.1, 0.15) is 31.0 Å². The second kappa shape index (κ2) is 5.65. The van der Waals surface area contributed by atoms with Gasteiger partial charge in [0.1, 0.15) is 0 Å². The zero-order chi connectivity index (χ0) is 12.3. The van der Waals surface area contributed by atoms with Crippen LogP contribution < -0.4 is 5.32 Å². The van der Waals surface area contributed by atoms with Gasteiger partial charge in [-0.15, -0.1) is 0 Å². The summed E-state index contributed by atoms with van der Waals surface area (Å²) in [7, 11) is 1.99. The van der Waals surface area contributed by atoms with Gasteiger partial charge in [-0.2, -0.15) is 5.10 Å². The van der Waals surface area contributed by atoms with Crippen molar-refractivity contribution >= 4 is 0 Å². The van der Waals surface area contributed by atoms with Crippen LogP contribution in [0.5, 0.6) is 0 Å². The van der Waals surface area contributed by atoms with Gasteiger partial charge in [-0.25, -0.2) is 0 Å². The average molecular weight is 236 g/mol. The van der Waals surface area contributed by atoms with E-state index in [0.29, 0.717) is 6.04 Å². The molecule has 1 aliphatic heterocycles. The van der Waals surface area contributed by atoms with E-state index in [-0.39, 0.29) is 0 Å². The first kappa shape index (κ1) is 12.6. The first-order chi connectivity index (χ1) is 8.18. The molecule has 0 amide bonds. The number of aromatic nitrogens is 2. The van der Waals surface area contributed by atoms with Crippen molar-refractivity contribution in [3.05, 3.63) is 17.5 Å². The monoisotopic (exact) mass is 236 g/mol. The van der Waals surface area contributed by atoms with E-state index < -0.39 is 0 Å². The smallest absolute Gasteiger partial charge is 0.0537 e. The lowest BCUT2D eigenvalue weighted by molar-refractivity contribution is 0.251. The topological polar surface area (TPSA) is 33.1 Å². The summed E-state index contributed by atoms with van der Waals surface area (Å²) in [5, 5.41) is 7.80. The van der Waals surface area contributed by atoms with Gasteiger partial charge in [-0.1, -0.05) is 0 Å². The molecule has 1 fully saturated rings. The van der Waals surface area contributed by atoms with Gasteiger partial charge in [0.25, 0.3) is 0 Å². The molecule has 0 aliphatic carbocycles. The summed E-state index contributed by atoms with van der Waals surface area (Å²) in [5.41, 5.74) is 2.56. The molecule has 0 spiro atoms. The minimum atomic E-state index is 0.648. The van der Waals surface area contributed by atoms with E-state index in [1.165, 1.54) is 37.2 Å². The maximum atomic E-state index is 4.26. The van der Waals surface area contributed by atoms with E-state index in [1.807, 2.05) is 17.9 Å². The fourth-order valence-electron chi connectivity index (χ4n) is 2.44. The van der Waals surface area contributed by atoms with Crippen molar-refractivity contribution < 1.29 is 0 Å². The number of likely N-dealkylation sites (tertiary alicyclic amines) is 1. The molecule has 2 heterocycles. The van der Waals surface area contributed by atoms with Gasteiger partial charge in [-0.05, 0) is 39.8 Å². The molecule has 1 aromatic rings. The molecule has 2 rings (SSSR count). The molecule has 1 aromatic heterocycles. The Kier molecular flexibility index (Phi) is 4.18. The molecule has 4 heteroatoms. The molecule has 0 saturated carbocycles. The van der Waals surface area contributed by atoms with Crippen LogP contribution in [0.25, 0.3) is 0 Å². The summed E-state index contributed by atoms with van der Waals surface area (Å²) in [6.45, 7) is 8.97. The Morgan fingerprint density at radius 2 is 2.12 bits per heavy atom. The summed E-state index contributed by atoms with van der Waals surface area (Å²) >= 11 is 0. The van der Waals surface area contributed by atoms with Gasteiger partial charge in [0.2, 0.25) is 0 Å². The van der Waals surface area contributed by atoms with Crippen molar-refractivity contribution in [1.82, 2.24) is 20.0 Å². The number of rotatable bonds is 5. The Morgan fingerprint density at radius 1 is 1.41 bits per heavy atom. The average Bonchev–Trinajstić information content (AvgIpc) is 2.93. The minimum Gasteiger partial charge on any atom is -0.311 e. The van der Waals surface area contributed by atoms with Crippen LogP contribution in [0, 0.1) is 6.92 Å². The minimum absolute atomic E-state index is 0.648. The normalized spacial score (nSPS) is 18.8. The van der Waals surface area contributed by atoms with E-state index >= 15 is 0 Å². The zero-order valence-corrected chi connectivity index (χ0v) is 11.2. The quantitative estimate of drug-likeness (QED) is 0.836. The number of aryl methyl sites for hydroxylation is 1. The van der Waals surface area contributed by atoms with Crippen LogP contribution in [0.3, 0.4) is 0 Å². The zero-order valence-electron chi connectivity index (χ0n) is 11.2. The van der Waals surface area contributed by atoms with Gasteiger partial charge in [-0.3, -0.25) is 9.58 Å². The van der Waals surface area contributed by atoms with Crippen molar-refractivity contribution in [1.29, 1.82) is 0 Å². The molecule has 4 nitrogen and oxygen atoms in total. The number of hydrogen-bond donors (Lipinski definition) is 1. The maximum absolute atomic E-state index is 4.26. The first-order valence-electron chi connectivity index (χ1n) is 6.60. The molecule has 0 aromatic carbocycles. The van der Waals surface area contributed by atoms with E-state index in [9.17, 15) is 0 Å². The highest BCUT2D eigenvalue weighted by atomic mass is 15.3. The van der Waals surface area contributed by atoms with Crippen molar-refractivity contribution in [3.63, 3.8) is 0 Å². The Hall–Kier alpha value is -0.870. The molecule has 1 unspecified atom stereocenters. The fraction of sp³-hybridized carbons (Fsp3) is 0.769. The van der Waals surface area contributed by atoms with Crippen molar-refractivity contribution in [3.8, 4) is 0 Å². The molecular formula is C13H24N4. The summed E-state index contributed by atoms with van der Waals surface area (Å²) in [4.78, 5) is 2.57. The lowest BCUT2D eigenvalue weighted by atomic mass is 10.2. The van der Waals surface area contributed by atoms with E-state index in [0.717, 1.165) is 13.1 Å². The summed E-state index contributed by atoms with van der Waals surface area (Å²) in [6, 6.07) is 0.648. The Morgan fingerprint density at radius 3 is 2.71 bits per heavy atom. The third-order valence-corrected chi connectivity index (χ3v) is 3.86. The van der Waals surface area contributed by atoms with Crippen LogP contribution >= 0.6 is 0 Å². The van der Waals surface area contributed by atoms with Gasteiger partial charge in [0.05, 0.1) is 6.20 Å². The fourth-order valence-corrected chi connectivity index (χ4v) is 2.44. The van der Waals surface area contributed by atoms with Gasteiger partial charge in [0.15, 0.2) is 0 Å². The summed E-state index contributed by atoms with van der Waals surface area (Å²) < 4.78 is 1.93. The third-order valence-electron chi connectivity index (χ3n) is 3.86. The van der Waals surface area contributed by atoms with Crippen molar-refractivity contribution in [2.24, 2.45) is 7.05 Å². The molecule has 96 valence electrons. The van der Waals surface area contributed by atoms with Crippen LogP contribution in [-0.2, 0) is 13.6 Å². The van der Waals surface area contributed by atoms with Crippen molar-refractivity contribution in [2.75, 3.05) is 19.6 Å². The molecule has 1 N–H and O–H groups in total. The molecule has 1 aliphatic rings. The molecule has 0 bridgehead atoms. The molecule has 0 radical (unpaired) electrons. The lowest BCUT2D eigenvalue weighted by Gasteiger charge is -2.23. The third kappa shape index (κ3) is 3.07.